The number of aliphatic hydroxyl groups excluding tert-OH is 1. The molecule has 100 valence electrons. The Morgan fingerprint density at radius 1 is 1.00 bits per heavy atom. The highest BCUT2D eigenvalue weighted by atomic mass is 16.5. The van der Waals surface area contributed by atoms with Crippen molar-refractivity contribution in [3.63, 3.8) is 0 Å². The lowest BCUT2D eigenvalue weighted by atomic mass is 10.0. The van der Waals surface area contributed by atoms with E-state index in [9.17, 15) is 5.11 Å². The molecule has 0 aliphatic heterocycles. The molecule has 1 atom stereocenters. The molecule has 0 heterocycles. The largest absolute Gasteiger partial charge is 0.493 e. The van der Waals surface area contributed by atoms with Gasteiger partial charge in [-0.15, -0.1) is 0 Å². The van der Waals surface area contributed by atoms with Gasteiger partial charge < -0.3 is 9.84 Å². The standard InChI is InChI=1S/C17H20O2/c1-2-14-8-10-15(11-9-14)17(18)12-13-19-16-6-4-3-5-7-16/h3-11,17-18H,2,12-13H2,1H3. The van der Waals surface area contributed by atoms with Crippen molar-refractivity contribution in [1.82, 2.24) is 0 Å². The van der Waals surface area contributed by atoms with Crippen molar-refractivity contribution < 1.29 is 9.84 Å². The highest BCUT2D eigenvalue weighted by Gasteiger charge is 2.07. The molecule has 2 aromatic carbocycles. The van der Waals surface area contributed by atoms with Gasteiger partial charge in [0.1, 0.15) is 5.75 Å². The summed E-state index contributed by atoms with van der Waals surface area (Å²) >= 11 is 0. The highest BCUT2D eigenvalue weighted by molar-refractivity contribution is 5.24. The molecule has 1 N–H and O–H groups in total. The van der Waals surface area contributed by atoms with E-state index in [1.54, 1.807) is 0 Å². The van der Waals surface area contributed by atoms with E-state index in [0.29, 0.717) is 13.0 Å². The molecule has 0 amide bonds. The monoisotopic (exact) mass is 256 g/mol. The minimum absolute atomic E-state index is 0.463. The molecular weight excluding hydrogens is 236 g/mol. The lowest BCUT2D eigenvalue weighted by Gasteiger charge is -2.12. The molecule has 0 bridgehead atoms. The molecule has 1 unspecified atom stereocenters. The molecule has 2 heteroatoms. The molecule has 0 spiro atoms. The van der Waals surface area contributed by atoms with Crippen LogP contribution in [0.2, 0.25) is 0 Å². The van der Waals surface area contributed by atoms with Crippen molar-refractivity contribution in [2.75, 3.05) is 6.61 Å². The Balaban J connectivity index is 1.82. The van der Waals surface area contributed by atoms with Crippen LogP contribution in [0.25, 0.3) is 0 Å². The Hall–Kier alpha value is -1.80. The minimum Gasteiger partial charge on any atom is -0.493 e. The number of benzene rings is 2. The van der Waals surface area contributed by atoms with Gasteiger partial charge in [-0.3, -0.25) is 0 Å². The predicted molar refractivity (Wildman–Crippen MR) is 77.3 cm³/mol. The fourth-order valence-electron chi connectivity index (χ4n) is 1.95. The van der Waals surface area contributed by atoms with E-state index in [-0.39, 0.29) is 0 Å². The van der Waals surface area contributed by atoms with Crippen LogP contribution < -0.4 is 4.74 Å². The summed E-state index contributed by atoms with van der Waals surface area (Å²) in [6, 6.07) is 17.8. The first-order valence-electron chi connectivity index (χ1n) is 6.74. The Morgan fingerprint density at radius 2 is 1.68 bits per heavy atom. The summed E-state index contributed by atoms with van der Waals surface area (Å²) in [5.41, 5.74) is 2.24. The summed E-state index contributed by atoms with van der Waals surface area (Å²) in [4.78, 5) is 0. The van der Waals surface area contributed by atoms with Gasteiger partial charge in [-0.2, -0.15) is 0 Å². The van der Waals surface area contributed by atoms with E-state index in [1.165, 1.54) is 5.56 Å². The summed E-state index contributed by atoms with van der Waals surface area (Å²) in [6.07, 6.45) is 1.16. The van der Waals surface area contributed by atoms with Crippen LogP contribution in [0.4, 0.5) is 0 Å². The third kappa shape index (κ3) is 4.11. The Morgan fingerprint density at radius 3 is 2.32 bits per heavy atom. The summed E-state index contributed by atoms with van der Waals surface area (Å²) in [5.74, 6) is 0.844. The van der Waals surface area contributed by atoms with E-state index in [2.05, 4.69) is 19.1 Å². The van der Waals surface area contributed by atoms with Crippen molar-refractivity contribution in [1.29, 1.82) is 0 Å². The normalized spacial score (nSPS) is 12.1. The number of para-hydroxylation sites is 1. The zero-order valence-corrected chi connectivity index (χ0v) is 11.3. The van der Waals surface area contributed by atoms with Crippen LogP contribution >= 0.6 is 0 Å². The molecule has 0 saturated heterocycles. The van der Waals surface area contributed by atoms with Gasteiger partial charge in [0.2, 0.25) is 0 Å². The maximum atomic E-state index is 10.1. The molecule has 0 fully saturated rings. The van der Waals surface area contributed by atoms with Crippen LogP contribution in [0.3, 0.4) is 0 Å². The molecule has 2 nitrogen and oxygen atoms in total. The second-order valence-corrected chi connectivity index (χ2v) is 4.56. The third-order valence-electron chi connectivity index (χ3n) is 3.18. The Labute approximate surface area is 114 Å². The first-order chi connectivity index (χ1) is 9.29. The minimum atomic E-state index is -0.463. The van der Waals surface area contributed by atoms with Gasteiger partial charge in [0.15, 0.2) is 0 Å². The van der Waals surface area contributed by atoms with Gasteiger partial charge >= 0.3 is 0 Å². The van der Waals surface area contributed by atoms with E-state index >= 15 is 0 Å². The predicted octanol–water partition coefficient (Wildman–Crippen LogP) is 3.75. The molecule has 0 aromatic heterocycles. The van der Waals surface area contributed by atoms with Crippen LogP contribution in [-0.2, 0) is 6.42 Å². The number of hydrogen-bond donors (Lipinski definition) is 1. The Kier molecular flexibility index (Phi) is 4.99. The van der Waals surface area contributed by atoms with Crippen LogP contribution in [0.1, 0.15) is 30.6 Å². The van der Waals surface area contributed by atoms with Gasteiger partial charge in [-0.1, -0.05) is 49.4 Å². The quantitative estimate of drug-likeness (QED) is 0.853. The van der Waals surface area contributed by atoms with E-state index in [4.69, 9.17) is 4.74 Å². The molecule has 19 heavy (non-hydrogen) atoms. The number of aryl methyl sites for hydroxylation is 1. The van der Waals surface area contributed by atoms with Crippen molar-refractivity contribution >= 4 is 0 Å². The summed E-state index contributed by atoms with van der Waals surface area (Å²) in [6.45, 7) is 2.64. The summed E-state index contributed by atoms with van der Waals surface area (Å²) in [5, 5.41) is 10.1. The zero-order chi connectivity index (χ0) is 13.5. The number of aliphatic hydroxyl groups is 1. The lowest BCUT2D eigenvalue weighted by Crippen LogP contribution is -2.05. The van der Waals surface area contributed by atoms with Gasteiger partial charge in [0.05, 0.1) is 12.7 Å². The van der Waals surface area contributed by atoms with Gasteiger partial charge in [-0.25, -0.2) is 0 Å². The average molecular weight is 256 g/mol. The summed E-state index contributed by atoms with van der Waals surface area (Å²) in [7, 11) is 0. The number of hydrogen-bond acceptors (Lipinski definition) is 2. The van der Waals surface area contributed by atoms with Crippen molar-refractivity contribution in [2.24, 2.45) is 0 Å². The lowest BCUT2D eigenvalue weighted by molar-refractivity contribution is 0.141. The van der Waals surface area contributed by atoms with Crippen LogP contribution in [-0.4, -0.2) is 11.7 Å². The maximum absolute atomic E-state index is 10.1. The van der Waals surface area contributed by atoms with E-state index < -0.39 is 6.10 Å². The average Bonchev–Trinajstić information content (AvgIpc) is 2.48. The molecular formula is C17H20O2. The Bertz CT molecular complexity index is 476. The molecule has 0 aliphatic carbocycles. The topological polar surface area (TPSA) is 29.5 Å². The smallest absolute Gasteiger partial charge is 0.119 e. The third-order valence-corrected chi connectivity index (χ3v) is 3.18. The van der Waals surface area contributed by atoms with Crippen LogP contribution in [0, 0.1) is 0 Å². The van der Waals surface area contributed by atoms with Crippen molar-refractivity contribution in [2.45, 2.75) is 25.9 Å². The van der Waals surface area contributed by atoms with Gasteiger partial charge in [0.25, 0.3) is 0 Å². The molecule has 0 aliphatic rings. The first kappa shape index (κ1) is 13.6. The van der Waals surface area contributed by atoms with Crippen LogP contribution in [0.15, 0.2) is 54.6 Å². The fourth-order valence-corrected chi connectivity index (χ4v) is 1.95. The second kappa shape index (κ2) is 6.95. The van der Waals surface area contributed by atoms with E-state index in [0.717, 1.165) is 17.7 Å². The molecule has 0 saturated carbocycles. The SMILES string of the molecule is CCc1ccc(C(O)CCOc2ccccc2)cc1. The zero-order valence-electron chi connectivity index (χ0n) is 11.3. The van der Waals surface area contributed by atoms with E-state index in [1.807, 2.05) is 42.5 Å². The van der Waals surface area contributed by atoms with Gasteiger partial charge in [-0.05, 0) is 29.7 Å². The van der Waals surface area contributed by atoms with Gasteiger partial charge in [0, 0.05) is 6.42 Å². The number of rotatable bonds is 6. The fraction of sp³-hybridized carbons (Fsp3) is 0.294. The second-order valence-electron chi connectivity index (χ2n) is 4.56. The summed E-state index contributed by atoms with van der Waals surface area (Å²) < 4.78 is 5.58. The maximum Gasteiger partial charge on any atom is 0.119 e. The molecule has 2 rings (SSSR count). The first-order valence-corrected chi connectivity index (χ1v) is 6.74. The van der Waals surface area contributed by atoms with Crippen molar-refractivity contribution in [3.05, 3.63) is 65.7 Å². The molecule has 2 aromatic rings. The number of ether oxygens (including phenoxy) is 1. The van der Waals surface area contributed by atoms with Crippen LogP contribution in [0.5, 0.6) is 5.75 Å². The highest BCUT2D eigenvalue weighted by Crippen LogP contribution is 2.18. The van der Waals surface area contributed by atoms with Crippen molar-refractivity contribution in [3.8, 4) is 5.75 Å². The molecule has 0 radical (unpaired) electrons.